The second-order valence-electron chi connectivity index (χ2n) is 15.6. The number of hydrogen-bond donors (Lipinski definition) is 0. The minimum absolute atomic E-state index is 0.285. The van der Waals surface area contributed by atoms with E-state index in [1.54, 1.807) is 0 Å². The van der Waals surface area contributed by atoms with Gasteiger partial charge in [-0.2, -0.15) is 0 Å². The summed E-state index contributed by atoms with van der Waals surface area (Å²) in [7, 11) is 0. The van der Waals surface area contributed by atoms with Gasteiger partial charge in [-0.3, -0.25) is 4.57 Å². The lowest BCUT2D eigenvalue weighted by Gasteiger charge is -2.18. The Kier molecular flexibility index (Phi) is 7.62. The molecule has 0 bridgehead atoms. The van der Waals surface area contributed by atoms with Crippen LogP contribution in [0, 0.1) is 6.92 Å². The molecule has 1 aliphatic rings. The summed E-state index contributed by atoms with van der Waals surface area (Å²) in [5.41, 5.74) is 11.1. The first-order chi connectivity index (χ1) is 29.6. The fourth-order valence-electron chi connectivity index (χ4n) is 9.36. The highest BCUT2D eigenvalue weighted by Crippen LogP contribution is 2.39. The molecule has 6 nitrogen and oxygen atoms in total. The lowest BCUT2D eigenvalue weighted by Crippen LogP contribution is -2.11. The molecule has 0 spiro atoms. The van der Waals surface area contributed by atoms with Gasteiger partial charge in [0, 0.05) is 43.4 Å². The molecule has 0 saturated carbocycles. The molecule has 6 heteroatoms. The van der Waals surface area contributed by atoms with Crippen LogP contribution < -0.4 is 5.55 Å². The van der Waals surface area contributed by atoms with Crippen molar-refractivity contribution in [1.82, 2.24) is 19.1 Å². The molecule has 284 valence electrons. The molecule has 60 heavy (non-hydrogen) atoms. The van der Waals surface area contributed by atoms with Crippen LogP contribution in [0.5, 0.6) is 0 Å². The van der Waals surface area contributed by atoms with E-state index in [1.807, 2.05) is 49.4 Å². The van der Waals surface area contributed by atoms with Gasteiger partial charge in [-0.1, -0.05) is 140 Å². The Labute approximate surface area is 345 Å². The molecule has 1 unspecified atom stereocenters. The first-order valence-electron chi connectivity index (χ1n) is 20.4. The summed E-state index contributed by atoms with van der Waals surface area (Å²) in [6, 6.07) is 53.8. The quantitative estimate of drug-likeness (QED) is 0.164. The molecule has 0 radical (unpaired) electrons. The molecule has 7 aromatic carbocycles. The Morgan fingerprint density at radius 3 is 2.07 bits per heavy atom. The van der Waals surface area contributed by atoms with Gasteiger partial charge in [0.25, 0.3) is 0 Å². The lowest BCUT2D eigenvalue weighted by atomic mass is 10.0. The van der Waals surface area contributed by atoms with E-state index >= 15 is 0 Å². The van der Waals surface area contributed by atoms with Gasteiger partial charge in [0.1, 0.15) is 5.58 Å². The van der Waals surface area contributed by atoms with E-state index in [0.29, 0.717) is 17.2 Å². The predicted molar refractivity (Wildman–Crippen MR) is 247 cm³/mol. The second kappa shape index (κ2) is 13.4. The highest BCUT2D eigenvalue weighted by molar-refractivity contribution is 6.14. The zero-order valence-electron chi connectivity index (χ0n) is 32.9. The van der Waals surface area contributed by atoms with E-state index in [-0.39, 0.29) is 6.04 Å². The Hall–Kier alpha value is -7.83. The molecular formula is C54H37N5O. The van der Waals surface area contributed by atoms with Crippen molar-refractivity contribution >= 4 is 82.0 Å². The lowest BCUT2D eigenvalue weighted by molar-refractivity contribution is 0.556. The van der Waals surface area contributed by atoms with E-state index in [9.17, 15) is 0 Å². The molecule has 11 aromatic rings. The smallest absolute Gasteiger partial charge is 0.235 e. The Morgan fingerprint density at radius 2 is 1.28 bits per heavy atom. The normalized spacial score (nSPS) is 14.6. The fourth-order valence-corrected chi connectivity index (χ4v) is 9.36. The largest absolute Gasteiger partial charge is 0.437 e. The summed E-state index contributed by atoms with van der Waals surface area (Å²) in [5, 5.41) is 8.54. The molecule has 4 heterocycles. The van der Waals surface area contributed by atoms with Crippen LogP contribution in [-0.4, -0.2) is 19.1 Å². The SMILES string of the molecule is C=C(/N=c1/oc2c3ccccc3ccc2c2nc(-n3c4ccccc4c4cc(-c5ccc6c(c5)c5ccccc5n6C5C=CC=CC5)ccc43)nc(C)c12)c1ccccc1. The fraction of sp³-hybridized carbons (Fsp3) is 0.0556. The van der Waals surface area contributed by atoms with Gasteiger partial charge in [0.2, 0.25) is 11.5 Å². The molecular weight excluding hydrogens is 735 g/mol. The number of rotatable bonds is 5. The van der Waals surface area contributed by atoms with E-state index in [1.165, 1.54) is 27.4 Å². The summed E-state index contributed by atoms with van der Waals surface area (Å²) in [4.78, 5) is 15.7. The Morgan fingerprint density at radius 1 is 0.633 bits per heavy atom. The summed E-state index contributed by atoms with van der Waals surface area (Å²) in [5.74, 6) is 0.591. The molecule has 1 atom stereocenters. The first kappa shape index (κ1) is 34.2. The van der Waals surface area contributed by atoms with E-state index in [2.05, 4.69) is 149 Å². The molecule has 0 fully saturated rings. The number of nitrogens with zero attached hydrogens (tertiary/aromatic N) is 5. The zero-order chi connectivity index (χ0) is 39.9. The number of aryl methyl sites for hydroxylation is 1. The van der Waals surface area contributed by atoms with Gasteiger partial charge in [0.05, 0.1) is 39.4 Å². The van der Waals surface area contributed by atoms with Crippen LogP contribution >= 0.6 is 0 Å². The van der Waals surface area contributed by atoms with Crippen molar-refractivity contribution in [3.05, 3.63) is 199 Å². The average molecular weight is 772 g/mol. The van der Waals surface area contributed by atoms with E-state index < -0.39 is 0 Å². The van der Waals surface area contributed by atoms with Gasteiger partial charge < -0.3 is 8.98 Å². The standard InChI is InChI=1S/C54H37N5O/c1-33(35-15-5-3-6-16-35)55-53-50-34(2)56-54(57-51(50)43-28-25-36-17-9-10-20-40(36)52(43)60-53)59-47-24-14-12-22-42(47)45-32-38(27-30-49(45)59)37-26-29-48-44(31-37)41-21-11-13-23-46(41)58(48)39-18-7-4-8-19-39/h3-18,20-32,39H,1,19H2,2H3/b55-53+. The molecule has 1 aliphatic carbocycles. The maximum absolute atomic E-state index is 6.75. The van der Waals surface area contributed by atoms with Crippen molar-refractivity contribution < 1.29 is 4.42 Å². The van der Waals surface area contributed by atoms with Crippen LogP contribution in [0.1, 0.15) is 23.7 Å². The minimum atomic E-state index is 0.285. The molecule has 4 aromatic heterocycles. The van der Waals surface area contributed by atoms with Gasteiger partial charge >= 0.3 is 0 Å². The number of para-hydroxylation sites is 2. The predicted octanol–water partition coefficient (Wildman–Crippen LogP) is 13.3. The van der Waals surface area contributed by atoms with Crippen LogP contribution in [0.2, 0.25) is 0 Å². The third-order valence-electron chi connectivity index (χ3n) is 12.2. The van der Waals surface area contributed by atoms with Gasteiger partial charge in [0.15, 0.2) is 0 Å². The summed E-state index contributed by atoms with van der Waals surface area (Å²) >= 11 is 0. The van der Waals surface area contributed by atoms with Crippen molar-refractivity contribution in [3.63, 3.8) is 0 Å². The number of fused-ring (bicyclic) bond motifs is 11. The van der Waals surface area contributed by atoms with Crippen LogP contribution in [-0.2, 0) is 0 Å². The minimum Gasteiger partial charge on any atom is -0.437 e. The zero-order valence-corrected chi connectivity index (χ0v) is 32.9. The third-order valence-corrected chi connectivity index (χ3v) is 12.2. The number of benzene rings is 7. The van der Waals surface area contributed by atoms with Crippen LogP contribution in [0.15, 0.2) is 192 Å². The van der Waals surface area contributed by atoms with Crippen LogP contribution in [0.25, 0.3) is 99.0 Å². The van der Waals surface area contributed by atoms with Gasteiger partial charge in [-0.15, -0.1) is 0 Å². The number of hydrogen-bond acceptors (Lipinski definition) is 4. The number of aromatic nitrogens is 4. The molecule has 0 N–H and O–H groups in total. The van der Waals surface area contributed by atoms with Crippen molar-refractivity contribution in [3.8, 4) is 17.1 Å². The highest BCUT2D eigenvalue weighted by atomic mass is 16.3. The molecule has 12 rings (SSSR count). The van der Waals surface area contributed by atoms with Crippen LogP contribution in [0.3, 0.4) is 0 Å². The summed E-state index contributed by atoms with van der Waals surface area (Å²) < 4.78 is 11.4. The van der Waals surface area contributed by atoms with Crippen molar-refractivity contribution in [2.45, 2.75) is 19.4 Å². The van der Waals surface area contributed by atoms with Gasteiger partial charge in [-0.05, 0) is 77.9 Å². The van der Waals surface area contributed by atoms with E-state index in [0.717, 1.165) is 77.7 Å². The number of allylic oxidation sites excluding steroid dienone is 4. The second-order valence-corrected chi connectivity index (χ2v) is 15.6. The van der Waals surface area contributed by atoms with Crippen molar-refractivity contribution in [1.29, 1.82) is 0 Å². The molecule has 0 saturated heterocycles. The summed E-state index contributed by atoms with van der Waals surface area (Å²) in [6.45, 7) is 6.34. The van der Waals surface area contributed by atoms with Crippen molar-refractivity contribution in [2.75, 3.05) is 0 Å². The van der Waals surface area contributed by atoms with Crippen molar-refractivity contribution in [2.24, 2.45) is 4.99 Å². The maximum atomic E-state index is 6.75. The monoisotopic (exact) mass is 771 g/mol. The Bertz CT molecular complexity index is 3730. The highest BCUT2D eigenvalue weighted by Gasteiger charge is 2.21. The maximum Gasteiger partial charge on any atom is 0.235 e. The first-order valence-corrected chi connectivity index (χ1v) is 20.4. The molecule has 0 aliphatic heterocycles. The van der Waals surface area contributed by atoms with Crippen LogP contribution in [0.4, 0.5) is 0 Å². The van der Waals surface area contributed by atoms with Gasteiger partial charge in [-0.25, -0.2) is 15.0 Å². The topological polar surface area (TPSA) is 61.1 Å². The Balaban J connectivity index is 1.06. The third kappa shape index (κ3) is 5.24. The average Bonchev–Trinajstić information content (AvgIpc) is 3.81. The van der Waals surface area contributed by atoms with E-state index in [4.69, 9.17) is 19.4 Å². The molecule has 0 amide bonds. The summed E-state index contributed by atoms with van der Waals surface area (Å²) in [6.07, 6.45) is 9.85.